The zero-order valence-electron chi connectivity index (χ0n) is 13.1. The predicted molar refractivity (Wildman–Crippen MR) is 80.7 cm³/mol. The third-order valence-corrected chi connectivity index (χ3v) is 6.35. The number of nitrogens with zero attached hydrogens (tertiary/aromatic N) is 1. The summed E-state index contributed by atoms with van der Waals surface area (Å²) in [6.07, 6.45) is -3.41. The summed E-state index contributed by atoms with van der Waals surface area (Å²) in [4.78, 5) is 0. The Morgan fingerprint density at radius 1 is 1.18 bits per heavy atom. The Hall–Kier alpha value is -0.880. The molecule has 1 aromatic rings. The van der Waals surface area contributed by atoms with Crippen LogP contribution in [-0.2, 0) is 17.2 Å². The van der Waals surface area contributed by atoms with Gasteiger partial charge in [-0.2, -0.15) is 13.2 Å². The van der Waals surface area contributed by atoms with Crippen molar-refractivity contribution in [3.8, 4) is 0 Å². The molecule has 1 unspecified atom stereocenters. The molecule has 2 aliphatic carbocycles. The van der Waals surface area contributed by atoms with E-state index in [9.17, 15) is 17.4 Å². The van der Waals surface area contributed by atoms with Crippen LogP contribution in [0.25, 0.3) is 0 Å². The second kappa shape index (κ2) is 4.81. The Kier molecular flexibility index (Phi) is 3.49. The summed E-state index contributed by atoms with van der Waals surface area (Å²) in [7, 11) is 0.629. The lowest BCUT2D eigenvalue weighted by Crippen LogP contribution is -2.37. The first kappa shape index (κ1) is 16.0. The molecule has 0 radical (unpaired) electrons. The highest BCUT2D eigenvalue weighted by atomic mass is 32.2. The van der Waals surface area contributed by atoms with Gasteiger partial charge in [0.15, 0.2) is 0 Å². The Balaban J connectivity index is 1.95. The van der Waals surface area contributed by atoms with Gasteiger partial charge in [0, 0.05) is 7.05 Å². The third kappa shape index (κ3) is 2.50. The van der Waals surface area contributed by atoms with Crippen molar-refractivity contribution >= 4 is 11.0 Å². The molecule has 22 heavy (non-hydrogen) atoms. The fraction of sp³-hybridized carbons (Fsp3) is 0.625. The minimum Gasteiger partial charge on any atom is -0.242 e. The number of fused-ring (bicyclic) bond motifs is 3. The molecule has 0 aliphatic heterocycles. The van der Waals surface area contributed by atoms with Crippen molar-refractivity contribution in [1.29, 1.82) is 0 Å². The smallest absolute Gasteiger partial charge is 0.242 e. The lowest BCUT2D eigenvalue weighted by atomic mass is 10.00. The predicted octanol–water partition coefficient (Wildman–Crippen LogP) is 4.26. The van der Waals surface area contributed by atoms with Crippen LogP contribution in [0.15, 0.2) is 18.2 Å². The molecular formula is C16H20F3NOS. The van der Waals surface area contributed by atoms with E-state index in [1.54, 1.807) is 6.07 Å². The average molecular weight is 331 g/mol. The van der Waals surface area contributed by atoms with E-state index in [0.29, 0.717) is 5.92 Å². The minimum atomic E-state index is -4.31. The normalized spacial score (nSPS) is 28.5. The first-order valence-corrected chi connectivity index (χ1v) is 8.48. The lowest BCUT2D eigenvalue weighted by Gasteiger charge is -2.31. The molecule has 122 valence electrons. The Labute approximate surface area is 131 Å². The van der Waals surface area contributed by atoms with Crippen LogP contribution >= 0.6 is 0 Å². The number of hydrogen-bond donors (Lipinski definition) is 0. The lowest BCUT2D eigenvalue weighted by molar-refractivity contribution is -0.137. The minimum absolute atomic E-state index is 0.0395. The Morgan fingerprint density at radius 2 is 1.82 bits per heavy atom. The van der Waals surface area contributed by atoms with Gasteiger partial charge in [-0.1, -0.05) is 6.07 Å². The Morgan fingerprint density at radius 3 is 2.36 bits per heavy atom. The number of hydrogen-bond acceptors (Lipinski definition) is 1. The van der Waals surface area contributed by atoms with Crippen molar-refractivity contribution < 1.29 is 17.4 Å². The summed E-state index contributed by atoms with van der Waals surface area (Å²) in [5, 5.41) is 0. The monoisotopic (exact) mass is 331 g/mol. The molecule has 0 spiro atoms. The standard InChI is InChI=1S/C16H20F3NOS/c1-15(2,3)22(21)20(4)14-10-6-5-9(16(17,18)19)7-11(10)12-8-13(12)14/h5-7,12-14H,8H2,1-4H3/t12-,13-,14+,22?/m1/s1. The van der Waals surface area contributed by atoms with Crippen molar-refractivity contribution in [3.05, 3.63) is 34.9 Å². The van der Waals surface area contributed by atoms with Gasteiger partial charge in [0.2, 0.25) is 0 Å². The second-order valence-electron chi connectivity index (χ2n) is 7.20. The highest BCUT2D eigenvalue weighted by Crippen LogP contribution is 2.64. The van der Waals surface area contributed by atoms with Gasteiger partial charge in [0.1, 0.15) is 11.0 Å². The summed E-state index contributed by atoms with van der Waals surface area (Å²) in [6, 6.07) is 3.96. The maximum atomic E-state index is 12.9. The van der Waals surface area contributed by atoms with Gasteiger partial charge in [0.25, 0.3) is 0 Å². The van der Waals surface area contributed by atoms with Crippen LogP contribution in [0.5, 0.6) is 0 Å². The summed E-state index contributed by atoms with van der Waals surface area (Å²) in [6.45, 7) is 5.73. The molecular weight excluding hydrogens is 311 g/mol. The highest BCUT2D eigenvalue weighted by Gasteiger charge is 2.55. The molecule has 6 heteroatoms. The molecule has 2 nitrogen and oxygen atoms in total. The maximum Gasteiger partial charge on any atom is 0.416 e. The zero-order valence-corrected chi connectivity index (χ0v) is 13.9. The van der Waals surface area contributed by atoms with Gasteiger partial charge < -0.3 is 0 Å². The van der Waals surface area contributed by atoms with E-state index in [4.69, 9.17) is 0 Å². The maximum absolute atomic E-state index is 12.9. The third-order valence-electron chi connectivity index (χ3n) is 4.55. The summed E-state index contributed by atoms with van der Waals surface area (Å²) >= 11 is 0. The van der Waals surface area contributed by atoms with E-state index < -0.39 is 22.7 Å². The van der Waals surface area contributed by atoms with Crippen molar-refractivity contribution in [2.45, 2.75) is 50.1 Å². The van der Waals surface area contributed by atoms with Gasteiger partial charge in [-0.15, -0.1) is 0 Å². The molecule has 0 heterocycles. The summed E-state index contributed by atoms with van der Waals surface area (Å²) in [5.74, 6) is 0.497. The fourth-order valence-corrected chi connectivity index (χ4v) is 4.83. The first-order valence-electron chi connectivity index (χ1n) is 7.37. The zero-order chi connectivity index (χ0) is 16.4. The molecule has 0 amide bonds. The van der Waals surface area contributed by atoms with Crippen LogP contribution in [0.3, 0.4) is 0 Å². The van der Waals surface area contributed by atoms with Crippen LogP contribution in [0, 0.1) is 5.92 Å². The fourth-order valence-electron chi connectivity index (χ4n) is 3.49. The van der Waals surface area contributed by atoms with Gasteiger partial charge in [-0.05, 0) is 62.3 Å². The quantitative estimate of drug-likeness (QED) is 0.793. The molecule has 1 aromatic carbocycles. The summed E-state index contributed by atoms with van der Waals surface area (Å²) in [5.41, 5.74) is 1.12. The molecule has 1 saturated carbocycles. The summed E-state index contributed by atoms with van der Waals surface area (Å²) < 4.78 is 52.7. The van der Waals surface area contributed by atoms with Gasteiger partial charge in [0.05, 0.1) is 16.4 Å². The first-order chi connectivity index (χ1) is 10.0. The number of halogens is 3. The SMILES string of the molecule is CN([C@H]1c2ccc(C(F)(F)F)cc2[C@H]2C[C@H]21)S(=O)C(C)(C)C. The molecule has 0 N–H and O–H groups in total. The van der Waals surface area contributed by atoms with Crippen LogP contribution in [0.1, 0.15) is 55.8 Å². The van der Waals surface area contributed by atoms with E-state index in [0.717, 1.165) is 23.6 Å². The molecule has 0 saturated heterocycles. The second-order valence-corrected chi connectivity index (χ2v) is 9.50. The largest absolute Gasteiger partial charge is 0.416 e. The van der Waals surface area contributed by atoms with Gasteiger partial charge >= 0.3 is 6.18 Å². The van der Waals surface area contributed by atoms with E-state index in [1.165, 1.54) is 6.07 Å². The van der Waals surface area contributed by atoms with E-state index >= 15 is 0 Å². The van der Waals surface area contributed by atoms with Crippen LogP contribution in [-0.4, -0.2) is 20.3 Å². The van der Waals surface area contributed by atoms with E-state index in [1.807, 2.05) is 32.1 Å². The molecule has 4 atom stereocenters. The van der Waals surface area contributed by atoms with Crippen LogP contribution in [0.4, 0.5) is 13.2 Å². The van der Waals surface area contributed by atoms with E-state index in [2.05, 4.69) is 0 Å². The molecule has 1 fully saturated rings. The average Bonchev–Trinajstić information content (AvgIpc) is 3.10. The van der Waals surface area contributed by atoms with Gasteiger partial charge in [-0.3, -0.25) is 0 Å². The van der Waals surface area contributed by atoms with E-state index in [-0.39, 0.29) is 16.7 Å². The van der Waals surface area contributed by atoms with Crippen molar-refractivity contribution in [2.75, 3.05) is 7.05 Å². The topological polar surface area (TPSA) is 20.3 Å². The number of alkyl halides is 3. The molecule has 0 aromatic heterocycles. The van der Waals surface area contributed by atoms with Crippen molar-refractivity contribution in [1.82, 2.24) is 4.31 Å². The Bertz CT molecular complexity index is 635. The molecule has 2 aliphatic rings. The van der Waals surface area contributed by atoms with Crippen LogP contribution < -0.4 is 0 Å². The number of rotatable bonds is 2. The molecule has 0 bridgehead atoms. The number of benzene rings is 1. The van der Waals surface area contributed by atoms with Crippen molar-refractivity contribution in [2.24, 2.45) is 5.92 Å². The highest BCUT2D eigenvalue weighted by molar-refractivity contribution is 7.84. The van der Waals surface area contributed by atoms with Crippen LogP contribution in [0.2, 0.25) is 0 Å². The van der Waals surface area contributed by atoms with Gasteiger partial charge in [-0.25, -0.2) is 8.51 Å². The van der Waals surface area contributed by atoms with Crippen molar-refractivity contribution in [3.63, 3.8) is 0 Å². The molecule has 3 rings (SSSR count).